The van der Waals surface area contributed by atoms with E-state index in [1.165, 1.54) is 0 Å². The van der Waals surface area contributed by atoms with Gasteiger partial charge in [0.1, 0.15) is 5.54 Å². The summed E-state index contributed by atoms with van der Waals surface area (Å²) in [7, 11) is 0. The minimum absolute atomic E-state index is 0.145. The molecule has 2 atom stereocenters. The first-order chi connectivity index (χ1) is 8.53. The summed E-state index contributed by atoms with van der Waals surface area (Å²) in [5, 5.41) is 24.4. The van der Waals surface area contributed by atoms with E-state index in [2.05, 4.69) is 25.9 Å². The van der Waals surface area contributed by atoms with Gasteiger partial charge in [0, 0.05) is 0 Å². The Morgan fingerprint density at radius 3 is 2.89 bits per heavy atom. The second-order valence-electron chi connectivity index (χ2n) is 4.78. The molecule has 98 valence electrons. The smallest absolute Gasteiger partial charge is 0.329 e. The highest BCUT2D eigenvalue weighted by atomic mass is 16.4. The quantitative estimate of drug-likeness (QED) is 0.695. The predicted molar refractivity (Wildman–Crippen MR) is 59.6 cm³/mol. The van der Waals surface area contributed by atoms with Crippen molar-refractivity contribution >= 4 is 11.9 Å². The minimum Gasteiger partial charge on any atom is -0.480 e. The number of hydrogen-bond donors (Lipinski definition) is 3. The molecule has 0 radical (unpaired) electrons. The Balaban J connectivity index is 2.16. The van der Waals surface area contributed by atoms with E-state index in [0.29, 0.717) is 12.8 Å². The van der Waals surface area contributed by atoms with Crippen molar-refractivity contribution in [2.24, 2.45) is 5.92 Å². The van der Waals surface area contributed by atoms with Crippen molar-refractivity contribution in [1.29, 1.82) is 0 Å². The van der Waals surface area contributed by atoms with Gasteiger partial charge in [0.2, 0.25) is 0 Å². The number of H-pyrrole nitrogens is 1. The van der Waals surface area contributed by atoms with Crippen LogP contribution in [0.4, 0.5) is 0 Å². The first-order valence-electron chi connectivity index (χ1n) is 5.83. The highest BCUT2D eigenvalue weighted by molar-refractivity contribution is 5.94. The van der Waals surface area contributed by atoms with E-state index in [0.717, 1.165) is 12.8 Å². The first kappa shape index (κ1) is 12.5. The molecule has 2 unspecified atom stereocenters. The fraction of sp³-hybridized carbons (Fsp3) is 0.700. The fourth-order valence-corrected chi connectivity index (χ4v) is 2.44. The standard InChI is InChI=1S/C10H15N5O3/c1-6-3-2-4-10(5-6,9(17)18)11-8(16)7-12-14-15-13-7/h6H,2-5H2,1H3,(H,11,16)(H,17,18)(H,12,13,14,15). The number of aliphatic carboxylic acids is 1. The van der Waals surface area contributed by atoms with Gasteiger partial charge >= 0.3 is 5.97 Å². The van der Waals surface area contributed by atoms with Crippen LogP contribution in [0, 0.1) is 5.92 Å². The zero-order chi connectivity index (χ0) is 13.2. The van der Waals surface area contributed by atoms with Crippen LogP contribution in [0.25, 0.3) is 0 Å². The van der Waals surface area contributed by atoms with Crippen LogP contribution in [-0.2, 0) is 4.79 Å². The lowest BCUT2D eigenvalue weighted by atomic mass is 9.76. The molecule has 2 rings (SSSR count). The lowest BCUT2D eigenvalue weighted by Crippen LogP contribution is -2.57. The molecule has 18 heavy (non-hydrogen) atoms. The van der Waals surface area contributed by atoms with Gasteiger partial charge in [-0.05, 0) is 24.0 Å². The van der Waals surface area contributed by atoms with Gasteiger partial charge in [-0.15, -0.1) is 10.2 Å². The van der Waals surface area contributed by atoms with E-state index in [1.807, 2.05) is 6.92 Å². The number of tetrazole rings is 1. The third-order valence-electron chi connectivity index (χ3n) is 3.31. The van der Waals surface area contributed by atoms with Crippen molar-refractivity contribution in [3.05, 3.63) is 5.82 Å². The molecule has 1 heterocycles. The molecule has 1 amide bonds. The predicted octanol–water partition coefficient (Wildman–Crippen LogP) is -0.0370. The second kappa shape index (κ2) is 4.71. The molecule has 1 aliphatic rings. The highest BCUT2D eigenvalue weighted by Crippen LogP contribution is 2.32. The fourth-order valence-electron chi connectivity index (χ4n) is 2.44. The number of carbonyl (C=O) groups is 2. The molecule has 0 saturated heterocycles. The monoisotopic (exact) mass is 253 g/mol. The van der Waals surface area contributed by atoms with Gasteiger partial charge in [-0.2, -0.15) is 5.21 Å². The number of hydrogen-bond acceptors (Lipinski definition) is 5. The largest absolute Gasteiger partial charge is 0.480 e. The number of rotatable bonds is 3. The summed E-state index contributed by atoms with van der Waals surface area (Å²) in [4.78, 5) is 23.3. The summed E-state index contributed by atoms with van der Waals surface area (Å²) in [6.45, 7) is 1.98. The van der Waals surface area contributed by atoms with E-state index in [1.54, 1.807) is 0 Å². The van der Waals surface area contributed by atoms with Gasteiger partial charge in [0.05, 0.1) is 0 Å². The number of carboxylic acids is 1. The molecule has 8 heteroatoms. The number of nitrogens with zero attached hydrogens (tertiary/aromatic N) is 3. The molecular formula is C10H15N5O3. The van der Waals surface area contributed by atoms with Gasteiger partial charge in [-0.25, -0.2) is 4.79 Å². The van der Waals surface area contributed by atoms with Crippen molar-refractivity contribution in [2.75, 3.05) is 0 Å². The average molecular weight is 253 g/mol. The van der Waals surface area contributed by atoms with Crippen molar-refractivity contribution in [2.45, 2.75) is 38.1 Å². The molecule has 1 aromatic rings. The van der Waals surface area contributed by atoms with Gasteiger partial charge in [0.15, 0.2) is 0 Å². The van der Waals surface area contributed by atoms with E-state index in [9.17, 15) is 14.7 Å². The Morgan fingerprint density at radius 1 is 1.56 bits per heavy atom. The topological polar surface area (TPSA) is 121 Å². The highest BCUT2D eigenvalue weighted by Gasteiger charge is 2.43. The van der Waals surface area contributed by atoms with E-state index >= 15 is 0 Å². The van der Waals surface area contributed by atoms with Crippen molar-refractivity contribution in [3.8, 4) is 0 Å². The van der Waals surface area contributed by atoms with Crippen LogP contribution < -0.4 is 5.32 Å². The normalized spacial score (nSPS) is 27.7. The maximum Gasteiger partial charge on any atom is 0.329 e. The minimum atomic E-state index is -1.21. The number of carboxylic acid groups (broad SMARTS) is 1. The number of amides is 1. The van der Waals surface area contributed by atoms with Gasteiger partial charge in [-0.1, -0.05) is 19.8 Å². The zero-order valence-electron chi connectivity index (χ0n) is 10.0. The maximum absolute atomic E-state index is 11.8. The van der Waals surface area contributed by atoms with Crippen LogP contribution in [0.3, 0.4) is 0 Å². The molecular weight excluding hydrogens is 238 g/mol. The van der Waals surface area contributed by atoms with Crippen LogP contribution in [-0.4, -0.2) is 43.1 Å². The Kier molecular flexibility index (Phi) is 3.26. The van der Waals surface area contributed by atoms with Crippen LogP contribution in [0.15, 0.2) is 0 Å². The van der Waals surface area contributed by atoms with Crippen molar-refractivity contribution < 1.29 is 14.7 Å². The number of carbonyl (C=O) groups excluding carboxylic acids is 1. The number of nitrogens with one attached hydrogen (secondary N) is 2. The van der Waals surface area contributed by atoms with Crippen molar-refractivity contribution in [3.63, 3.8) is 0 Å². The summed E-state index contributed by atoms with van der Waals surface area (Å²) >= 11 is 0. The molecule has 0 bridgehead atoms. The third kappa shape index (κ3) is 2.31. The van der Waals surface area contributed by atoms with Crippen molar-refractivity contribution in [1.82, 2.24) is 25.9 Å². The van der Waals surface area contributed by atoms with Gasteiger partial charge in [0.25, 0.3) is 11.7 Å². The van der Waals surface area contributed by atoms with E-state index in [4.69, 9.17) is 0 Å². The first-order valence-corrected chi connectivity index (χ1v) is 5.83. The average Bonchev–Trinajstić information content (AvgIpc) is 2.82. The van der Waals surface area contributed by atoms with E-state index in [-0.39, 0.29) is 11.7 Å². The molecule has 1 fully saturated rings. The lowest BCUT2D eigenvalue weighted by molar-refractivity contribution is -0.146. The summed E-state index contributed by atoms with van der Waals surface area (Å²) < 4.78 is 0. The van der Waals surface area contributed by atoms with Crippen LogP contribution in [0.5, 0.6) is 0 Å². The third-order valence-corrected chi connectivity index (χ3v) is 3.31. The van der Waals surface area contributed by atoms with E-state index < -0.39 is 17.4 Å². The molecule has 3 N–H and O–H groups in total. The SMILES string of the molecule is CC1CCCC(NC(=O)c2nn[nH]n2)(C(=O)O)C1. The Hall–Kier alpha value is -1.99. The lowest BCUT2D eigenvalue weighted by Gasteiger charge is -2.36. The molecule has 0 spiro atoms. The van der Waals surface area contributed by atoms with Gasteiger partial charge < -0.3 is 10.4 Å². The molecule has 1 aromatic heterocycles. The molecule has 1 saturated carbocycles. The Bertz CT molecular complexity index is 446. The molecule has 1 aliphatic carbocycles. The molecule has 0 aromatic carbocycles. The summed E-state index contributed by atoms with van der Waals surface area (Å²) in [5.41, 5.74) is -1.21. The van der Waals surface area contributed by atoms with Crippen LogP contribution in [0.2, 0.25) is 0 Å². The Labute approximate surface area is 103 Å². The van der Waals surface area contributed by atoms with Gasteiger partial charge in [-0.3, -0.25) is 4.79 Å². The number of aromatic nitrogens is 4. The maximum atomic E-state index is 11.8. The second-order valence-corrected chi connectivity index (χ2v) is 4.78. The zero-order valence-corrected chi connectivity index (χ0v) is 10.0. The summed E-state index contributed by atoms with van der Waals surface area (Å²) in [5.74, 6) is -1.50. The summed E-state index contributed by atoms with van der Waals surface area (Å²) in [6.07, 6.45) is 2.61. The van der Waals surface area contributed by atoms with Crippen LogP contribution >= 0.6 is 0 Å². The molecule has 0 aliphatic heterocycles. The number of aromatic amines is 1. The summed E-state index contributed by atoms with van der Waals surface area (Å²) in [6, 6.07) is 0. The Morgan fingerprint density at radius 2 is 2.33 bits per heavy atom. The molecule has 8 nitrogen and oxygen atoms in total. The van der Waals surface area contributed by atoms with Crippen LogP contribution in [0.1, 0.15) is 43.2 Å².